The molecular weight excluding hydrogens is 424 g/mol. The van der Waals surface area contributed by atoms with Gasteiger partial charge in [-0.1, -0.05) is 0 Å². The fourth-order valence-electron chi connectivity index (χ4n) is 3.25. The first-order chi connectivity index (χ1) is 15.8. The van der Waals surface area contributed by atoms with Gasteiger partial charge in [0, 0.05) is 17.8 Å². The fourth-order valence-corrected chi connectivity index (χ4v) is 3.25. The average molecular weight is 455 g/mol. The lowest BCUT2D eigenvalue weighted by Crippen LogP contribution is -2.30. The molecule has 176 valence electrons. The molecule has 2 heterocycles. The Morgan fingerprint density at radius 3 is 2.61 bits per heavy atom. The minimum Gasteiger partial charge on any atom is -0.463 e. The van der Waals surface area contributed by atoms with Gasteiger partial charge in [0.1, 0.15) is 0 Å². The van der Waals surface area contributed by atoms with E-state index in [2.05, 4.69) is 15.4 Å². The molecule has 0 aliphatic carbocycles. The number of aromatic nitrogens is 3. The number of hydrogen-bond acceptors (Lipinski definition) is 8. The molecule has 2 aromatic carbocycles. The number of anilines is 1. The van der Waals surface area contributed by atoms with Crippen molar-refractivity contribution in [1.82, 2.24) is 14.8 Å². The summed E-state index contributed by atoms with van der Waals surface area (Å²) < 4.78 is 23.8. The van der Waals surface area contributed by atoms with E-state index in [0.717, 1.165) is 16.9 Å². The third-order valence-electron chi connectivity index (χ3n) is 4.85. The Labute approximate surface area is 193 Å². The van der Waals surface area contributed by atoms with Crippen LogP contribution in [0.1, 0.15) is 27.7 Å². The number of rotatable bonds is 9. The van der Waals surface area contributed by atoms with Crippen molar-refractivity contribution < 1.29 is 24.1 Å². The van der Waals surface area contributed by atoms with Crippen LogP contribution in [-0.4, -0.2) is 58.1 Å². The zero-order valence-electron chi connectivity index (χ0n) is 19.4. The van der Waals surface area contributed by atoms with Crippen LogP contribution in [0.25, 0.3) is 17.1 Å². The third-order valence-corrected chi connectivity index (χ3v) is 4.85. The van der Waals surface area contributed by atoms with Gasteiger partial charge in [0.2, 0.25) is 6.79 Å². The van der Waals surface area contributed by atoms with Gasteiger partial charge in [-0.05, 0) is 70.2 Å². The minimum atomic E-state index is -0.606. The Balaban J connectivity index is 1.50. The van der Waals surface area contributed by atoms with Crippen LogP contribution in [0, 0.1) is 0 Å². The zero-order valence-corrected chi connectivity index (χ0v) is 19.4. The summed E-state index contributed by atoms with van der Waals surface area (Å²) in [5, 5.41) is 17.9. The van der Waals surface area contributed by atoms with Crippen LogP contribution in [0.2, 0.25) is 0 Å². The molecule has 1 aliphatic heterocycles. The predicted molar refractivity (Wildman–Crippen MR) is 124 cm³/mol. The van der Waals surface area contributed by atoms with Gasteiger partial charge in [-0.25, -0.2) is 4.68 Å². The number of nitrogens with one attached hydrogen (secondary N) is 1. The van der Waals surface area contributed by atoms with Crippen LogP contribution in [-0.2, 0) is 4.74 Å². The molecule has 4 rings (SSSR count). The van der Waals surface area contributed by atoms with E-state index >= 15 is 0 Å². The summed E-state index contributed by atoms with van der Waals surface area (Å²) in [6.07, 6.45) is -0.606. The summed E-state index contributed by atoms with van der Waals surface area (Å²) in [7, 11) is 0. The van der Waals surface area contributed by atoms with Gasteiger partial charge in [0.25, 0.3) is 0 Å². The van der Waals surface area contributed by atoms with Gasteiger partial charge in [-0.3, -0.25) is 0 Å². The Kier molecular flexibility index (Phi) is 6.71. The van der Waals surface area contributed by atoms with Gasteiger partial charge in [0.15, 0.2) is 17.3 Å². The molecule has 0 fully saturated rings. The number of nitrogens with zero attached hydrogens (tertiary/aromatic N) is 3. The van der Waals surface area contributed by atoms with Crippen molar-refractivity contribution in [3.63, 3.8) is 0 Å². The molecule has 3 aromatic rings. The Morgan fingerprint density at radius 2 is 1.88 bits per heavy atom. The van der Waals surface area contributed by atoms with Gasteiger partial charge in [-0.2, -0.15) is 4.98 Å². The minimum absolute atomic E-state index is 0.209. The smallest absolute Gasteiger partial charge is 0.336 e. The molecule has 0 spiro atoms. The van der Waals surface area contributed by atoms with Crippen molar-refractivity contribution in [3.05, 3.63) is 42.5 Å². The van der Waals surface area contributed by atoms with Crippen molar-refractivity contribution in [1.29, 1.82) is 0 Å². The highest BCUT2D eigenvalue weighted by Crippen LogP contribution is 2.36. The summed E-state index contributed by atoms with van der Waals surface area (Å²) in [5.74, 6) is 2.01. The number of aliphatic hydroxyl groups excluding tert-OH is 1. The number of fused-ring (bicyclic) bond motifs is 1. The molecule has 0 bridgehead atoms. The largest absolute Gasteiger partial charge is 0.463 e. The lowest BCUT2D eigenvalue weighted by Gasteiger charge is -2.22. The summed E-state index contributed by atoms with van der Waals surface area (Å²) in [6, 6.07) is 13.7. The first kappa shape index (κ1) is 22.9. The van der Waals surface area contributed by atoms with Crippen molar-refractivity contribution in [2.75, 3.05) is 31.9 Å². The molecule has 9 nitrogen and oxygen atoms in total. The van der Waals surface area contributed by atoms with Crippen molar-refractivity contribution in [2.24, 2.45) is 0 Å². The molecule has 0 saturated heterocycles. The summed E-state index contributed by atoms with van der Waals surface area (Å²) in [6.45, 7) is 9.11. The van der Waals surface area contributed by atoms with Crippen LogP contribution in [0.5, 0.6) is 17.5 Å². The van der Waals surface area contributed by atoms with Crippen molar-refractivity contribution in [2.45, 2.75) is 39.4 Å². The average Bonchev–Trinajstić information content (AvgIpc) is 3.43. The van der Waals surface area contributed by atoms with E-state index in [1.807, 2.05) is 70.2 Å². The van der Waals surface area contributed by atoms with Crippen LogP contribution < -0.4 is 19.5 Å². The Hall–Kier alpha value is -3.30. The fraction of sp³-hybridized carbons (Fsp3) is 0.417. The van der Waals surface area contributed by atoms with E-state index in [9.17, 15) is 5.11 Å². The van der Waals surface area contributed by atoms with E-state index in [0.29, 0.717) is 36.5 Å². The number of aliphatic hydroxyl groups is 1. The monoisotopic (exact) mass is 454 g/mol. The molecule has 0 amide bonds. The summed E-state index contributed by atoms with van der Waals surface area (Å²) in [4.78, 5) is 4.56. The maximum absolute atomic E-state index is 10.1. The first-order valence-electron chi connectivity index (χ1n) is 11.0. The highest BCUT2D eigenvalue weighted by molar-refractivity contribution is 5.64. The van der Waals surface area contributed by atoms with Gasteiger partial charge >= 0.3 is 6.01 Å². The van der Waals surface area contributed by atoms with Gasteiger partial charge in [0.05, 0.1) is 30.6 Å². The molecule has 1 aromatic heterocycles. The molecule has 9 heteroatoms. The second-order valence-electron chi connectivity index (χ2n) is 8.64. The Bertz CT molecular complexity index is 1080. The molecule has 0 saturated carbocycles. The lowest BCUT2D eigenvalue weighted by molar-refractivity contribution is -0.0449. The lowest BCUT2D eigenvalue weighted by atomic mass is 10.2. The summed E-state index contributed by atoms with van der Waals surface area (Å²) in [5.41, 5.74) is 2.25. The quantitative estimate of drug-likeness (QED) is 0.505. The Morgan fingerprint density at radius 1 is 1.12 bits per heavy atom. The van der Waals surface area contributed by atoms with Crippen LogP contribution in [0.3, 0.4) is 0 Å². The molecule has 0 radical (unpaired) electrons. The first-order valence-corrected chi connectivity index (χ1v) is 11.0. The van der Waals surface area contributed by atoms with Crippen LogP contribution >= 0.6 is 0 Å². The molecule has 1 atom stereocenters. The highest BCUT2D eigenvalue weighted by atomic mass is 16.7. The van der Waals surface area contributed by atoms with E-state index in [-0.39, 0.29) is 19.0 Å². The van der Waals surface area contributed by atoms with Crippen molar-refractivity contribution in [3.8, 4) is 34.6 Å². The normalized spacial score (nSPS) is 13.7. The number of hydrogen-bond donors (Lipinski definition) is 2. The van der Waals surface area contributed by atoms with Crippen molar-refractivity contribution >= 4 is 5.69 Å². The number of benzene rings is 2. The zero-order chi connectivity index (χ0) is 23.4. The van der Waals surface area contributed by atoms with Gasteiger partial charge in [-0.15, -0.1) is 5.10 Å². The highest BCUT2D eigenvalue weighted by Gasteiger charge is 2.19. The molecule has 2 N–H and O–H groups in total. The standard InChI is InChI=1S/C24H30N4O5/c1-5-30-23-26-22(16-6-11-20-21(12-16)32-15-31-20)28(27-23)18-9-7-17(8-10-18)25-13-19(29)14-33-24(2,3)4/h6-12,19,25,29H,5,13-15H2,1-4H3. The second kappa shape index (κ2) is 9.68. The second-order valence-corrected chi connectivity index (χ2v) is 8.64. The third kappa shape index (κ3) is 5.74. The topological polar surface area (TPSA) is 99.9 Å². The summed E-state index contributed by atoms with van der Waals surface area (Å²) >= 11 is 0. The SMILES string of the molecule is CCOc1nc(-c2ccc3c(c2)OCO3)n(-c2ccc(NCC(O)COC(C)(C)C)cc2)n1. The molecular formula is C24H30N4O5. The van der Waals surface area contributed by atoms with Gasteiger partial charge < -0.3 is 29.4 Å². The van der Waals surface area contributed by atoms with Crippen LogP contribution in [0.4, 0.5) is 5.69 Å². The molecule has 1 aliphatic rings. The maximum Gasteiger partial charge on any atom is 0.336 e. The van der Waals surface area contributed by atoms with E-state index in [1.54, 1.807) is 4.68 Å². The maximum atomic E-state index is 10.1. The van der Waals surface area contributed by atoms with E-state index in [1.165, 1.54) is 0 Å². The molecule has 1 unspecified atom stereocenters. The van der Waals surface area contributed by atoms with E-state index < -0.39 is 6.10 Å². The predicted octanol–water partition coefficient (Wildman–Crippen LogP) is 3.65. The number of ether oxygens (including phenoxy) is 4. The van der Waals surface area contributed by atoms with Crippen LogP contribution in [0.15, 0.2) is 42.5 Å². The molecule has 33 heavy (non-hydrogen) atoms. The van der Waals surface area contributed by atoms with E-state index in [4.69, 9.17) is 18.9 Å².